The van der Waals surface area contributed by atoms with E-state index in [9.17, 15) is 0 Å². The maximum Gasteiger partial charge on any atom is 0.191 e. The van der Waals surface area contributed by atoms with Gasteiger partial charge in [-0.25, -0.2) is 4.99 Å². The highest BCUT2D eigenvalue weighted by Crippen LogP contribution is 2.40. The van der Waals surface area contributed by atoms with Crippen molar-refractivity contribution in [3.05, 3.63) is 35.4 Å². The number of rotatable bonds is 11. The standard InChI is InChI=1S/C22H37N3O2/c1-4-23-21(24-16-19-9-8-10-20(15-19)17-26-3)25-18-22(11-6-7-12-22)13-14-27-5-2/h8-10,15H,4-7,11-14,16-18H2,1-3H3,(H2,23,24,25). The van der Waals surface area contributed by atoms with E-state index in [1.54, 1.807) is 7.11 Å². The van der Waals surface area contributed by atoms with Crippen LogP contribution in [0.15, 0.2) is 29.3 Å². The van der Waals surface area contributed by atoms with Gasteiger partial charge in [0.1, 0.15) is 0 Å². The molecule has 0 aromatic heterocycles. The van der Waals surface area contributed by atoms with Crippen LogP contribution in [-0.4, -0.2) is 39.4 Å². The third-order valence-corrected chi connectivity index (χ3v) is 5.34. The second kappa shape index (κ2) is 12.0. The minimum atomic E-state index is 0.351. The Balaban J connectivity index is 1.94. The number of ether oxygens (including phenoxy) is 2. The molecule has 0 unspecified atom stereocenters. The third kappa shape index (κ3) is 7.51. The molecular formula is C22H37N3O2. The van der Waals surface area contributed by atoms with Crippen LogP contribution in [0.2, 0.25) is 0 Å². The number of aliphatic imine (C=N–C) groups is 1. The zero-order chi connectivity index (χ0) is 19.4. The van der Waals surface area contributed by atoms with Crippen LogP contribution < -0.4 is 10.6 Å². The van der Waals surface area contributed by atoms with Gasteiger partial charge in [-0.05, 0) is 49.7 Å². The molecule has 0 aliphatic heterocycles. The fourth-order valence-corrected chi connectivity index (χ4v) is 3.84. The van der Waals surface area contributed by atoms with Crippen LogP contribution in [0.1, 0.15) is 57.1 Å². The number of nitrogens with zero attached hydrogens (tertiary/aromatic N) is 1. The Kier molecular flexibility index (Phi) is 9.64. The van der Waals surface area contributed by atoms with Crippen molar-refractivity contribution in [2.24, 2.45) is 10.4 Å². The first kappa shape index (κ1) is 21.7. The molecule has 1 aromatic carbocycles. The van der Waals surface area contributed by atoms with Crippen molar-refractivity contribution in [1.82, 2.24) is 10.6 Å². The predicted molar refractivity (Wildman–Crippen MR) is 112 cm³/mol. The molecule has 1 saturated carbocycles. The van der Waals surface area contributed by atoms with Crippen molar-refractivity contribution in [3.8, 4) is 0 Å². The summed E-state index contributed by atoms with van der Waals surface area (Å²) in [6.07, 6.45) is 6.35. The van der Waals surface area contributed by atoms with Crippen LogP contribution in [0, 0.1) is 5.41 Å². The highest BCUT2D eigenvalue weighted by molar-refractivity contribution is 5.79. The van der Waals surface area contributed by atoms with E-state index in [1.165, 1.54) is 36.8 Å². The van der Waals surface area contributed by atoms with Gasteiger partial charge in [-0.3, -0.25) is 0 Å². The van der Waals surface area contributed by atoms with Crippen LogP contribution in [0.5, 0.6) is 0 Å². The van der Waals surface area contributed by atoms with Crippen molar-refractivity contribution in [3.63, 3.8) is 0 Å². The van der Waals surface area contributed by atoms with Crippen LogP contribution in [0.25, 0.3) is 0 Å². The van der Waals surface area contributed by atoms with Crippen molar-refractivity contribution >= 4 is 5.96 Å². The van der Waals surface area contributed by atoms with Gasteiger partial charge in [0.05, 0.1) is 13.2 Å². The van der Waals surface area contributed by atoms with E-state index in [0.29, 0.717) is 18.6 Å². The Morgan fingerprint density at radius 1 is 1.15 bits per heavy atom. The average molecular weight is 376 g/mol. The summed E-state index contributed by atoms with van der Waals surface area (Å²) in [5.41, 5.74) is 2.74. The summed E-state index contributed by atoms with van der Waals surface area (Å²) in [7, 11) is 1.72. The summed E-state index contributed by atoms with van der Waals surface area (Å²) < 4.78 is 10.9. The maximum atomic E-state index is 5.63. The van der Waals surface area contributed by atoms with E-state index in [4.69, 9.17) is 14.5 Å². The lowest BCUT2D eigenvalue weighted by molar-refractivity contribution is 0.105. The van der Waals surface area contributed by atoms with Crippen LogP contribution in [0.4, 0.5) is 0 Å². The molecule has 1 aliphatic carbocycles. The lowest BCUT2D eigenvalue weighted by Gasteiger charge is -2.30. The fourth-order valence-electron chi connectivity index (χ4n) is 3.84. The van der Waals surface area contributed by atoms with Crippen molar-refractivity contribution in [1.29, 1.82) is 0 Å². The summed E-state index contributed by atoms with van der Waals surface area (Å²) >= 11 is 0. The Labute approximate surface area is 164 Å². The summed E-state index contributed by atoms with van der Waals surface area (Å²) in [5, 5.41) is 6.98. The Bertz CT molecular complexity index is 568. The van der Waals surface area contributed by atoms with Crippen LogP contribution in [0.3, 0.4) is 0 Å². The van der Waals surface area contributed by atoms with Gasteiger partial charge in [-0.2, -0.15) is 0 Å². The molecule has 0 amide bonds. The first-order valence-electron chi connectivity index (χ1n) is 10.4. The predicted octanol–water partition coefficient (Wildman–Crippen LogP) is 3.88. The van der Waals surface area contributed by atoms with Crippen LogP contribution in [-0.2, 0) is 22.6 Å². The number of hydrogen-bond donors (Lipinski definition) is 2. The monoisotopic (exact) mass is 375 g/mol. The van der Waals surface area contributed by atoms with Gasteiger partial charge in [0, 0.05) is 33.4 Å². The smallest absolute Gasteiger partial charge is 0.191 e. The van der Waals surface area contributed by atoms with Gasteiger partial charge in [-0.15, -0.1) is 0 Å². The van der Waals surface area contributed by atoms with Gasteiger partial charge >= 0.3 is 0 Å². The van der Waals surface area contributed by atoms with E-state index >= 15 is 0 Å². The normalized spacial score (nSPS) is 16.5. The molecule has 1 fully saturated rings. The lowest BCUT2D eigenvalue weighted by Crippen LogP contribution is -2.43. The molecule has 2 rings (SSSR count). The molecule has 2 N–H and O–H groups in total. The molecule has 1 aliphatic rings. The van der Waals surface area contributed by atoms with E-state index in [-0.39, 0.29) is 0 Å². The Morgan fingerprint density at radius 3 is 2.63 bits per heavy atom. The van der Waals surface area contributed by atoms with Gasteiger partial charge in [0.25, 0.3) is 0 Å². The van der Waals surface area contributed by atoms with Gasteiger partial charge in [0.15, 0.2) is 5.96 Å². The number of benzene rings is 1. The first-order chi connectivity index (χ1) is 13.2. The summed E-state index contributed by atoms with van der Waals surface area (Å²) in [5.74, 6) is 0.900. The Hall–Kier alpha value is -1.59. The summed E-state index contributed by atoms with van der Waals surface area (Å²) in [4.78, 5) is 4.80. The molecule has 0 heterocycles. The zero-order valence-electron chi connectivity index (χ0n) is 17.4. The van der Waals surface area contributed by atoms with E-state index in [1.807, 2.05) is 0 Å². The molecule has 0 spiro atoms. The zero-order valence-corrected chi connectivity index (χ0v) is 17.4. The van der Waals surface area contributed by atoms with Gasteiger partial charge in [-0.1, -0.05) is 37.1 Å². The highest BCUT2D eigenvalue weighted by Gasteiger charge is 2.33. The molecule has 5 heteroatoms. The lowest BCUT2D eigenvalue weighted by atomic mass is 9.83. The fraction of sp³-hybridized carbons (Fsp3) is 0.682. The molecule has 1 aromatic rings. The minimum absolute atomic E-state index is 0.351. The van der Waals surface area contributed by atoms with Crippen molar-refractivity contribution in [2.75, 3.05) is 33.4 Å². The second-order valence-corrected chi connectivity index (χ2v) is 7.46. The quantitative estimate of drug-likeness (QED) is 0.350. The molecule has 0 radical (unpaired) electrons. The number of guanidine groups is 1. The van der Waals surface area contributed by atoms with E-state index < -0.39 is 0 Å². The largest absolute Gasteiger partial charge is 0.382 e. The average Bonchev–Trinajstić information content (AvgIpc) is 3.14. The molecule has 0 bridgehead atoms. The molecule has 0 atom stereocenters. The molecule has 5 nitrogen and oxygen atoms in total. The molecule has 0 saturated heterocycles. The minimum Gasteiger partial charge on any atom is -0.382 e. The molecule has 152 valence electrons. The maximum absolute atomic E-state index is 5.63. The van der Waals surface area contributed by atoms with Crippen molar-refractivity contribution in [2.45, 2.75) is 59.1 Å². The van der Waals surface area contributed by atoms with E-state index in [0.717, 1.165) is 38.7 Å². The topological polar surface area (TPSA) is 54.9 Å². The van der Waals surface area contributed by atoms with Crippen molar-refractivity contribution < 1.29 is 9.47 Å². The third-order valence-electron chi connectivity index (χ3n) is 5.34. The number of methoxy groups -OCH3 is 1. The van der Waals surface area contributed by atoms with Crippen LogP contribution >= 0.6 is 0 Å². The number of hydrogen-bond acceptors (Lipinski definition) is 3. The summed E-state index contributed by atoms with van der Waals surface area (Å²) in [6.45, 7) is 8.97. The highest BCUT2D eigenvalue weighted by atomic mass is 16.5. The first-order valence-corrected chi connectivity index (χ1v) is 10.4. The van der Waals surface area contributed by atoms with E-state index in [2.05, 4.69) is 48.7 Å². The molecular weight excluding hydrogens is 338 g/mol. The van der Waals surface area contributed by atoms with Gasteiger partial charge < -0.3 is 20.1 Å². The van der Waals surface area contributed by atoms with Gasteiger partial charge in [0.2, 0.25) is 0 Å². The summed E-state index contributed by atoms with van der Waals surface area (Å²) in [6, 6.07) is 8.44. The SMILES string of the molecule is CCNC(=NCc1cccc(COC)c1)NCC1(CCOCC)CCCC1. The second-order valence-electron chi connectivity index (χ2n) is 7.46. The number of nitrogens with one attached hydrogen (secondary N) is 2. The Morgan fingerprint density at radius 2 is 1.93 bits per heavy atom. The molecule has 27 heavy (non-hydrogen) atoms.